The Morgan fingerprint density at radius 1 is 1.07 bits per heavy atom. The van der Waals surface area contributed by atoms with Crippen LogP contribution in [0.15, 0.2) is 53.6 Å². The van der Waals surface area contributed by atoms with Crippen molar-refractivity contribution in [3.63, 3.8) is 0 Å². The normalized spacial score (nSPS) is 17.0. The van der Waals surface area contributed by atoms with Crippen LogP contribution in [-0.4, -0.2) is 62.8 Å². The summed E-state index contributed by atoms with van der Waals surface area (Å²) in [6.07, 6.45) is 0. The smallest absolute Gasteiger partial charge is 0.285 e. The van der Waals surface area contributed by atoms with Crippen LogP contribution in [0.3, 0.4) is 0 Å². The summed E-state index contributed by atoms with van der Waals surface area (Å²) in [6, 6.07) is 13.3. The van der Waals surface area contributed by atoms with Crippen LogP contribution in [0.25, 0.3) is 0 Å². The summed E-state index contributed by atoms with van der Waals surface area (Å²) in [4.78, 5) is 14.5. The van der Waals surface area contributed by atoms with E-state index in [-0.39, 0.29) is 30.6 Å². The number of hydrogen-bond acceptors (Lipinski definition) is 6. The quantitative estimate of drug-likeness (QED) is 0.698. The molecule has 1 saturated heterocycles. The lowest BCUT2D eigenvalue weighted by Gasteiger charge is -2.27. The van der Waals surface area contributed by atoms with Gasteiger partial charge in [-0.05, 0) is 24.3 Å². The van der Waals surface area contributed by atoms with E-state index in [1.165, 1.54) is 12.1 Å². The molecule has 2 heterocycles. The average molecular weight is 436 g/mol. The van der Waals surface area contributed by atoms with Crippen LogP contribution >= 0.6 is 12.4 Å². The van der Waals surface area contributed by atoms with Gasteiger partial charge in [-0.2, -0.15) is 5.01 Å². The van der Waals surface area contributed by atoms with E-state index in [1.54, 1.807) is 18.2 Å². The molecule has 2 aromatic carbocycles. The molecule has 0 bridgehead atoms. The van der Waals surface area contributed by atoms with Gasteiger partial charge >= 0.3 is 0 Å². The number of carbonyl (C=O) groups is 1. The highest BCUT2D eigenvalue weighted by molar-refractivity contribution is 6.05. The van der Waals surface area contributed by atoms with Crippen LogP contribution in [0.4, 0.5) is 10.1 Å². The standard InChI is InChI=1S/C21H22FN3O4.ClH/c22-17-6-2-3-7-18(17)25-20(26)15-29-21(23-25)16-5-1-4-8-19(16)28-14-11-24-9-12-27-13-10-24;/h1-8H,9-15H2;1H. The zero-order valence-electron chi connectivity index (χ0n) is 16.3. The molecule has 0 unspecified atom stereocenters. The number of nitrogens with zero attached hydrogens (tertiary/aromatic N) is 3. The number of amides is 1. The number of hydrazone groups is 1. The van der Waals surface area contributed by atoms with Crippen LogP contribution in [0, 0.1) is 5.82 Å². The van der Waals surface area contributed by atoms with Gasteiger partial charge in [0.15, 0.2) is 6.61 Å². The number of rotatable bonds is 6. The number of ether oxygens (including phenoxy) is 3. The third-order valence-electron chi connectivity index (χ3n) is 4.73. The van der Waals surface area contributed by atoms with E-state index < -0.39 is 11.7 Å². The van der Waals surface area contributed by atoms with Gasteiger partial charge in [0, 0.05) is 19.6 Å². The van der Waals surface area contributed by atoms with Gasteiger partial charge in [-0.15, -0.1) is 17.5 Å². The topological polar surface area (TPSA) is 63.6 Å². The van der Waals surface area contributed by atoms with E-state index in [4.69, 9.17) is 14.2 Å². The minimum absolute atomic E-state index is 0. The van der Waals surface area contributed by atoms with Crippen molar-refractivity contribution in [2.75, 3.05) is 51.1 Å². The third-order valence-corrected chi connectivity index (χ3v) is 4.73. The molecular formula is C21H23ClFN3O4. The van der Waals surface area contributed by atoms with Crippen molar-refractivity contribution in [3.8, 4) is 5.75 Å². The third kappa shape index (κ3) is 5.08. The summed E-state index contributed by atoms with van der Waals surface area (Å²) in [5.41, 5.74) is 0.701. The van der Waals surface area contributed by atoms with Crippen LogP contribution in [0.1, 0.15) is 5.56 Å². The van der Waals surface area contributed by atoms with Crippen molar-refractivity contribution in [3.05, 3.63) is 59.9 Å². The second-order valence-corrected chi connectivity index (χ2v) is 6.65. The predicted octanol–water partition coefficient (Wildman–Crippen LogP) is 2.68. The Morgan fingerprint density at radius 3 is 2.60 bits per heavy atom. The zero-order chi connectivity index (χ0) is 20.1. The lowest BCUT2D eigenvalue weighted by atomic mass is 10.2. The van der Waals surface area contributed by atoms with Gasteiger partial charge in [0.25, 0.3) is 5.91 Å². The van der Waals surface area contributed by atoms with E-state index in [0.717, 1.165) is 37.9 Å². The van der Waals surface area contributed by atoms with Gasteiger partial charge in [-0.3, -0.25) is 9.69 Å². The van der Waals surface area contributed by atoms with E-state index in [0.29, 0.717) is 17.9 Å². The first-order chi connectivity index (χ1) is 14.2. The largest absolute Gasteiger partial charge is 0.491 e. The average Bonchev–Trinajstić information content (AvgIpc) is 2.76. The molecular weight excluding hydrogens is 413 g/mol. The number of hydrogen-bond donors (Lipinski definition) is 0. The number of morpholine rings is 1. The number of carbonyl (C=O) groups excluding carboxylic acids is 1. The molecule has 0 saturated carbocycles. The summed E-state index contributed by atoms with van der Waals surface area (Å²) in [6.45, 7) is 4.31. The van der Waals surface area contributed by atoms with E-state index in [1.807, 2.05) is 18.2 Å². The Hall–Kier alpha value is -2.68. The first-order valence-electron chi connectivity index (χ1n) is 9.53. The molecule has 9 heteroatoms. The lowest BCUT2D eigenvalue weighted by molar-refractivity contribution is -0.121. The van der Waals surface area contributed by atoms with E-state index in [2.05, 4.69) is 10.0 Å². The fourth-order valence-corrected chi connectivity index (χ4v) is 3.19. The number of halogens is 2. The van der Waals surface area contributed by atoms with Crippen molar-refractivity contribution in [1.82, 2.24) is 4.90 Å². The maximum Gasteiger partial charge on any atom is 0.285 e. The maximum absolute atomic E-state index is 14.2. The molecule has 0 atom stereocenters. The first-order valence-corrected chi connectivity index (χ1v) is 9.53. The van der Waals surface area contributed by atoms with Gasteiger partial charge in [0.05, 0.1) is 18.8 Å². The minimum atomic E-state index is -0.527. The van der Waals surface area contributed by atoms with Gasteiger partial charge in [0.1, 0.15) is 23.9 Å². The highest BCUT2D eigenvalue weighted by Crippen LogP contribution is 2.25. The summed E-state index contributed by atoms with van der Waals surface area (Å²) in [5, 5.41) is 5.29. The first kappa shape index (κ1) is 22.0. The molecule has 0 spiro atoms. The molecule has 160 valence electrons. The molecule has 1 amide bonds. The Kier molecular flexibility index (Phi) is 7.62. The van der Waals surface area contributed by atoms with Crippen molar-refractivity contribution in [2.45, 2.75) is 0 Å². The molecule has 30 heavy (non-hydrogen) atoms. The molecule has 0 aromatic heterocycles. The summed E-state index contributed by atoms with van der Waals surface area (Å²) < 4.78 is 31.0. The Bertz CT molecular complexity index is 905. The second-order valence-electron chi connectivity index (χ2n) is 6.65. The number of benzene rings is 2. The highest BCUT2D eigenvalue weighted by atomic mass is 35.5. The zero-order valence-corrected chi connectivity index (χ0v) is 17.1. The van der Waals surface area contributed by atoms with Crippen molar-refractivity contribution in [1.29, 1.82) is 0 Å². The molecule has 2 aliphatic heterocycles. The number of para-hydroxylation sites is 2. The Labute approximate surface area is 180 Å². The maximum atomic E-state index is 14.2. The minimum Gasteiger partial charge on any atom is -0.491 e. The fraction of sp³-hybridized carbons (Fsp3) is 0.333. The van der Waals surface area contributed by atoms with E-state index in [9.17, 15) is 9.18 Å². The predicted molar refractivity (Wildman–Crippen MR) is 113 cm³/mol. The molecule has 7 nitrogen and oxygen atoms in total. The lowest BCUT2D eigenvalue weighted by Crippen LogP contribution is -2.39. The van der Waals surface area contributed by atoms with Crippen molar-refractivity contribution in [2.24, 2.45) is 5.10 Å². The van der Waals surface area contributed by atoms with Crippen LogP contribution < -0.4 is 9.75 Å². The monoisotopic (exact) mass is 435 g/mol. The number of anilines is 1. The molecule has 1 fully saturated rings. The molecule has 0 aliphatic carbocycles. The Morgan fingerprint density at radius 2 is 1.80 bits per heavy atom. The molecule has 2 aliphatic rings. The summed E-state index contributed by atoms with van der Waals surface area (Å²) in [7, 11) is 0. The molecule has 2 aromatic rings. The van der Waals surface area contributed by atoms with Crippen molar-refractivity contribution < 1.29 is 23.4 Å². The van der Waals surface area contributed by atoms with Gasteiger partial charge in [-0.25, -0.2) is 4.39 Å². The Balaban J connectivity index is 0.00000256. The molecule has 4 rings (SSSR count). The highest BCUT2D eigenvalue weighted by Gasteiger charge is 2.27. The van der Waals surface area contributed by atoms with Gasteiger partial charge < -0.3 is 14.2 Å². The van der Waals surface area contributed by atoms with Gasteiger partial charge in [0.2, 0.25) is 5.90 Å². The van der Waals surface area contributed by atoms with Crippen LogP contribution in [0.5, 0.6) is 5.75 Å². The van der Waals surface area contributed by atoms with Crippen LogP contribution in [0.2, 0.25) is 0 Å². The van der Waals surface area contributed by atoms with E-state index >= 15 is 0 Å². The molecule has 0 N–H and O–H groups in total. The van der Waals surface area contributed by atoms with Crippen molar-refractivity contribution >= 4 is 29.9 Å². The van der Waals surface area contributed by atoms with Crippen LogP contribution in [-0.2, 0) is 14.3 Å². The fourth-order valence-electron chi connectivity index (χ4n) is 3.19. The second kappa shape index (κ2) is 10.4. The SMILES string of the molecule is Cl.O=C1COC(c2ccccc2OCCN2CCOCC2)=NN1c1ccccc1F. The summed E-state index contributed by atoms with van der Waals surface area (Å²) in [5.74, 6) is -0.150. The molecule has 0 radical (unpaired) electrons. The summed E-state index contributed by atoms with van der Waals surface area (Å²) >= 11 is 0. The van der Waals surface area contributed by atoms with Gasteiger partial charge in [-0.1, -0.05) is 24.3 Å².